The molecule has 0 radical (unpaired) electrons. The van der Waals surface area contributed by atoms with E-state index in [9.17, 15) is 31.1 Å². The van der Waals surface area contributed by atoms with Crippen molar-refractivity contribution in [1.29, 1.82) is 10.5 Å². The largest absolute Gasteiger partial charge is 0.417 e. The number of anilines is 2. The Morgan fingerprint density at radius 2 is 1.11 bits per heavy atom. The van der Waals surface area contributed by atoms with Gasteiger partial charge < -0.3 is 10.6 Å². The Morgan fingerprint density at radius 1 is 0.750 bits per heavy atom. The molecule has 2 amide bonds. The molecule has 0 aliphatic heterocycles. The molecular weight excluding hydrogens is 390 g/mol. The summed E-state index contributed by atoms with van der Waals surface area (Å²) < 4.78 is 77.5. The maximum atomic E-state index is 12.9. The molecule has 0 bridgehead atoms. The van der Waals surface area contributed by atoms with Crippen molar-refractivity contribution in [3.05, 3.63) is 58.7 Å². The third kappa shape index (κ3) is 4.71. The van der Waals surface area contributed by atoms with Crippen molar-refractivity contribution in [3.8, 4) is 12.1 Å². The van der Waals surface area contributed by atoms with Gasteiger partial charge in [-0.25, -0.2) is 4.79 Å². The molecule has 2 rings (SSSR count). The molecule has 2 aromatic carbocycles. The van der Waals surface area contributed by atoms with Crippen LogP contribution in [0.5, 0.6) is 0 Å². The lowest BCUT2D eigenvalue weighted by Gasteiger charge is -2.13. The number of nitrogens with one attached hydrogen (secondary N) is 2. The zero-order valence-electron chi connectivity index (χ0n) is 13.5. The average Bonchev–Trinajstić information content (AvgIpc) is 2.60. The highest BCUT2D eigenvalue weighted by Crippen LogP contribution is 2.34. The normalized spacial score (nSPS) is 11.3. The van der Waals surface area contributed by atoms with Crippen LogP contribution >= 0.6 is 0 Å². The van der Waals surface area contributed by atoms with Crippen LogP contribution in [0.2, 0.25) is 0 Å². The van der Waals surface area contributed by atoms with Crippen LogP contribution in [0.4, 0.5) is 42.5 Å². The van der Waals surface area contributed by atoms with Gasteiger partial charge in [-0.15, -0.1) is 0 Å². The fraction of sp³-hybridized carbons (Fsp3) is 0.118. The zero-order valence-corrected chi connectivity index (χ0v) is 13.5. The first-order valence-electron chi connectivity index (χ1n) is 7.26. The van der Waals surface area contributed by atoms with E-state index >= 15 is 0 Å². The van der Waals surface area contributed by atoms with Crippen LogP contribution in [0.3, 0.4) is 0 Å². The quantitative estimate of drug-likeness (QED) is 0.689. The van der Waals surface area contributed by atoms with E-state index in [1.54, 1.807) is 0 Å². The average molecular weight is 398 g/mol. The Hall–Kier alpha value is -3.73. The lowest BCUT2D eigenvalue weighted by molar-refractivity contribution is -0.138. The number of benzene rings is 2. The van der Waals surface area contributed by atoms with Gasteiger partial charge in [-0.1, -0.05) is 0 Å². The number of carbonyl (C=O) groups is 1. The molecule has 0 fully saturated rings. The Labute approximate surface area is 153 Å². The van der Waals surface area contributed by atoms with Gasteiger partial charge in [-0.2, -0.15) is 36.9 Å². The SMILES string of the molecule is N#Cc1ccc(NC(=O)Nc2ccc(C#N)c(C(F)(F)F)c2)cc1C(F)(F)F. The fourth-order valence-corrected chi connectivity index (χ4v) is 2.20. The summed E-state index contributed by atoms with van der Waals surface area (Å²) in [6.07, 6.45) is -9.68. The molecule has 2 N–H and O–H groups in total. The number of rotatable bonds is 2. The molecule has 0 heterocycles. The second-order valence-corrected chi connectivity index (χ2v) is 5.32. The van der Waals surface area contributed by atoms with Crippen LogP contribution in [-0.2, 0) is 12.4 Å². The van der Waals surface area contributed by atoms with Gasteiger partial charge >= 0.3 is 18.4 Å². The fourth-order valence-electron chi connectivity index (χ4n) is 2.20. The minimum absolute atomic E-state index is 0.325. The van der Waals surface area contributed by atoms with Crippen molar-refractivity contribution >= 4 is 17.4 Å². The number of nitrogens with zero attached hydrogens (tertiary/aromatic N) is 2. The highest BCUT2D eigenvalue weighted by atomic mass is 19.4. The molecule has 0 aliphatic rings. The molecule has 0 saturated carbocycles. The van der Waals surface area contributed by atoms with Crippen LogP contribution in [0.15, 0.2) is 36.4 Å². The van der Waals surface area contributed by atoms with Gasteiger partial charge in [0, 0.05) is 11.4 Å². The van der Waals surface area contributed by atoms with E-state index in [4.69, 9.17) is 10.5 Å². The number of carbonyl (C=O) groups excluding carboxylic acids is 1. The lowest BCUT2D eigenvalue weighted by atomic mass is 10.1. The molecule has 0 unspecified atom stereocenters. The van der Waals surface area contributed by atoms with Crippen LogP contribution in [0.1, 0.15) is 22.3 Å². The van der Waals surface area contributed by atoms with Crippen molar-refractivity contribution < 1.29 is 31.1 Å². The first kappa shape index (κ1) is 20.6. The monoisotopic (exact) mass is 398 g/mol. The number of urea groups is 1. The predicted octanol–water partition coefficient (Wildman–Crippen LogP) is 5.11. The summed E-state index contributed by atoms with van der Waals surface area (Å²) in [5, 5.41) is 21.5. The third-order valence-corrected chi connectivity index (χ3v) is 3.41. The van der Waals surface area contributed by atoms with E-state index in [1.165, 1.54) is 12.1 Å². The number of hydrogen-bond donors (Lipinski definition) is 2. The van der Waals surface area contributed by atoms with Crippen molar-refractivity contribution in [3.63, 3.8) is 0 Å². The Balaban J connectivity index is 2.24. The number of amides is 2. The molecule has 144 valence electrons. The molecule has 0 saturated heterocycles. The zero-order chi connectivity index (χ0) is 21.1. The topological polar surface area (TPSA) is 88.7 Å². The highest BCUT2D eigenvalue weighted by Gasteiger charge is 2.35. The second-order valence-electron chi connectivity index (χ2n) is 5.32. The van der Waals surface area contributed by atoms with Gasteiger partial charge in [0.2, 0.25) is 0 Å². The Bertz CT molecular complexity index is 919. The second kappa shape index (κ2) is 7.48. The van der Waals surface area contributed by atoms with Crippen LogP contribution in [0, 0.1) is 22.7 Å². The standard InChI is InChI=1S/C17H8F6N4O/c18-16(19,20)13-5-11(3-1-9(13)7-24)26-15(28)27-12-4-2-10(8-25)14(6-12)17(21,22)23/h1-6H,(H2,26,27,28). The van der Waals surface area contributed by atoms with E-state index in [1.807, 2.05) is 10.6 Å². The number of hydrogen-bond acceptors (Lipinski definition) is 3. The Morgan fingerprint density at radius 3 is 1.39 bits per heavy atom. The molecule has 5 nitrogen and oxygen atoms in total. The predicted molar refractivity (Wildman–Crippen MR) is 85.0 cm³/mol. The number of halogens is 6. The van der Waals surface area contributed by atoms with Crippen molar-refractivity contribution in [1.82, 2.24) is 0 Å². The van der Waals surface area contributed by atoms with Crippen molar-refractivity contribution in [2.75, 3.05) is 10.6 Å². The number of alkyl halides is 6. The summed E-state index contributed by atoms with van der Waals surface area (Å²) in [6, 6.07) is 6.45. The van der Waals surface area contributed by atoms with Gasteiger partial charge in [0.15, 0.2) is 0 Å². The minimum atomic E-state index is -4.84. The summed E-state index contributed by atoms with van der Waals surface area (Å²) in [4.78, 5) is 11.9. The highest BCUT2D eigenvalue weighted by molar-refractivity contribution is 6.00. The smallest absolute Gasteiger partial charge is 0.308 e. The molecule has 0 aliphatic carbocycles. The molecule has 0 spiro atoms. The molecular formula is C17H8F6N4O. The number of nitriles is 2. The van der Waals surface area contributed by atoms with Gasteiger partial charge in [0.05, 0.1) is 34.4 Å². The summed E-state index contributed by atoms with van der Waals surface area (Å²) >= 11 is 0. The van der Waals surface area contributed by atoms with Crippen LogP contribution in [0.25, 0.3) is 0 Å². The minimum Gasteiger partial charge on any atom is -0.308 e. The summed E-state index contributed by atoms with van der Waals surface area (Å²) in [5.41, 5.74) is -4.50. The van der Waals surface area contributed by atoms with E-state index < -0.39 is 40.6 Å². The summed E-state index contributed by atoms with van der Waals surface area (Å²) in [6.45, 7) is 0. The van der Waals surface area contributed by atoms with E-state index in [-0.39, 0.29) is 11.4 Å². The van der Waals surface area contributed by atoms with Crippen LogP contribution < -0.4 is 10.6 Å². The summed E-state index contributed by atoms with van der Waals surface area (Å²) in [5.74, 6) is 0. The van der Waals surface area contributed by atoms with Gasteiger partial charge in [0.1, 0.15) is 0 Å². The molecule has 28 heavy (non-hydrogen) atoms. The molecule has 2 aromatic rings. The van der Waals surface area contributed by atoms with Gasteiger partial charge in [0.25, 0.3) is 0 Å². The van der Waals surface area contributed by atoms with E-state index in [0.717, 1.165) is 24.3 Å². The third-order valence-electron chi connectivity index (χ3n) is 3.41. The van der Waals surface area contributed by atoms with Gasteiger partial charge in [-0.05, 0) is 36.4 Å². The van der Waals surface area contributed by atoms with E-state index in [2.05, 4.69) is 0 Å². The molecule has 11 heteroatoms. The first-order chi connectivity index (χ1) is 13.0. The molecule has 0 aromatic heterocycles. The Kier molecular flexibility index (Phi) is 5.50. The van der Waals surface area contributed by atoms with Gasteiger partial charge in [-0.3, -0.25) is 0 Å². The summed E-state index contributed by atoms with van der Waals surface area (Å²) in [7, 11) is 0. The van der Waals surface area contributed by atoms with Crippen molar-refractivity contribution in [2.45, 2.75) is 12.4 Å². The van der Waals surface area contributed by atoms with Crippen molar-refractivity contribution in [2.24, 2.45) is 0 Å². The maximum absolute atomic E-state index is 12.9. The maximum Gasteiger partial charge on any atom is 0.417 e. The first-order valence-corrected chi connectivity index (χ1v) is 7.26. The van der Waals surface area contributed by atoms with Crippen LogP contribution in [-0.4, -0.2) is 6.03 Å². The van der Waals surface area contributed by atoms with E-state index in [0.29, 0.717) is 12.1 Å². The molecule has 0 atom stereocenters. The lowest BCUT2D eigenvalue weighted by Crippen LogP contribution is -2.20.